The lowest BCUT2D eigenvalue weighted by Crippen LogP contribution is -2.20. The molecule has 6 rings (SSSR count). The van der Waals surface area contributed by atoms with E-state index in [-0.39, 0.29) is 23.0 Å². The number of alkyl halides is 3. The van der Waals surface area contributed by atoms with Gasteiger partial charge in [0.05, 0.1) is 10.4 Å². The van der Waals surface area contributed by atoms with Gasteiger partial charge in [0.15, 0.2) is 5.65 Å². The van der Waals surface area contributed by atoms with Crippen LogP contribution in [-0.4, -0.2) is 30.7 Å². The zero-order valence-electron chi connectivity index (χ0n) is 26.3. The number of anilines is 2. The second-order valence-corrected chi connectivity index (χ2v) is 13.3. The number of aromatic nitrogens is 4. The summed E-state index contributed by atoms with van der Waals surface area (Å²) in [6.07, 6.45) is -4.02. The minimum atomic E-state index is -4.45. The summed E-state index contributed by atoms with van der Waals surface area (Å²) in [5.74, 6) is 1.23. The zero-order chi connectivity index (χ0) is 34.9. The minimum absolute atomic E-state index is 0.103. The van der Waals surface area contributed by atoms with Crippen molar-refractivity contribution in [3.63, 3.8) is 0 Å². The summed E-state index contributed by atoms with van der Waals surface area (Å²) >= 11 is 2.44. The Bertz CT molecular complexity index is 2190. The molecule has 6 aromatic rings. The fourth-order valence-electron chi connectivity index (χ4n) is 5.11. The number of pyridine rings is 1. The highest BCUT2D eigenvalue weighted by Crippen LogP contribution is 2.33. The Morgan fingerprint density at radius 3 is 2.33 bits per heavy atom. The molecule has 49 heavy (non-hydrogen) atoms. The SMILES string of the molecule is Cc1cc(Sc2ccc3nc(COc4ccc(Cc5sc(=O)[nH]c5O)cc4)n(C)c3n2)cc(C)c1NC(=O)Nc1ccc(C(F)(F)F)cc1. The number of thiazole rings is 1. The molecule has 3 aromatic carbocycles. The lowest BCUT2D eigenvalue weighted by atomic mass is 10.1. The van der Waals surface area contributed by atoms with Crippen LogP contribution in [-0.2, 0) is 26.3 Å². The number of amides is 2. The molecule has 0 radical (unpaired) electrons. The van der Waals surface area contributed by atoms with Crippen LogP contribution in [0.25, 0.3) is 11.2 Å². The number of aromatic amines is 1. The highest BCUT2D eigenvalue weighted by molar-refractivity contribution is 7.99. The van der Waals surface area contributed by atoms with Crippen LogP contribution in [0, 0.1) is 13.8 Å². The summed E-state index contributed by atoms with van der Waals surface area (Å²) in [5.41, 5.74) is 3.99. The predicted octanol–water partition coefficient (Wildman–Crippen LogP) is 8.02. The van der Waals surface area contributed by atoms with Crippen LogP contribution in [0.4, 0.5) is 29.3 Å². The van der Waals surface area contributed by atoms with Crippen molar-refractivity contribution in [1.82, 2.24) is 19.5 Å². The molecule has 0 aliphatic rings. The molecule has 0 atom stereocenters. The third-order valence-electron chi connectivity index (χ3n) is 7.58. The third kappa shape index (κ3) is 7.90. The van der Waals surface area contributed by atoms with Gasteiger partial charge in [0, 0.05) is 29.7 Å². The largest absolute Gasteiger partial charge is 0.494 e. The van der Waals surface area contributed by atoms with E-state index in [0.717, 1.165) is 55.6 Å². The molecule has 4 N–H and O–H groups in total. The normalized spacial score (nSPS) is 11.6. The molecule has 0 aliphatic carbocycles. The smallest absolute Gasteiger partial charge is 0.416 e. The lowest BCUT2D eigenvalue weighted by Gasteiger charge is -2.15. The summed E-state index contributed by atoms with van der Waals surface area (Å²) in [5, 5.41) is 15.9. The number of halogens is 3. The van der Waals surface area contributed by atoms with Gasteiger partial charge in [0.1, 0.15) is 28.7 Å². The van der Waals surface area contributed by atoms with E-state index in [9.17, 15) is 27.9 Å². The van der Waals surface area contributed by atoms with Gasteiger partial charge in [0.25, 0.3) is 0 Å². The van der Waals surface area contributed by atoms with Crippen LogP contribution in [0.3, 0.4) is 0 Å². The van der Waals surface area contributed by atoms with E-state index in [0.29, 0.717) is 34.2 Å². The molecule has 0 spiro atoms. The Labute approximate surface area is 286 Å². The molecule has 252 valence electrons. The number of benzene rings is 3. The van der Waals surface area contributed by atoms with Gasteiger partial charge in [-0.3, -0.25) is 9.78 Å². The standard InChI is InChI=1S/C34H29F3N6O4S2/c1-18-14-24(15-19(2)29(18)41-32(45)38-22-8-6-21(7-9-22)34(35,36)37)48-28-13-12-25-30(40-28)43(3)27(39-25)17-47-23-10-4-20(5-11-23)16-26-31(44)42-33(46)49-26/h4-15,44H,16-17H2,1-3H3,(H,42,46)(H2,38,41,45). The summed E-state index contributed by atoms with van der Waals surface area (Å²) in [4.78, 5) is 37.1. The van der Waals surface area contributed by atoms with Crippen molar-refractivity contribution in [2.24, 2.45) is 7.05 Å². The Hall–Kier alpha value is -5.28. The van der Waals surface area contributed by atoms with Crippen molar-refractivity contribution in [3.8, 4) is 11.6 Å². The van der Waals surface area contributed by atoms with Crippen LogP contribution in [0.5, 0.6) is 11.6 Å². The van der Waals surface area contributed by atoms with E-state index in [1.807, 2.05) is 74.0 Å². The van der Waals surface area contributed by atoms with Gasteiger partial charge < -0.3 is 25.0 Å². The molecule has 3 heterocycles. The van der Waals surface area contributed by atoms with E-state index in [1.54, 1.807) is 0 Å². The van der Waals surface area contributed by atoms with Crippen LogP contribution in [0.2, 0.25) is 0 Å². The first kappa shape index (κ1) is 33.6. The molecule has 2 amide bonds. The number of fused-ring (bicyclic) bond motifs is 1. The van der Waals surface area contributed by atoms with Gasteiger partial charge in [-0.1, -0.05) is 35.2 Å². The van der Waals surface area contributed by atoms with Gasteiger partial charge in [0.2, 0.25) is 5.88 Å². The molecule has 10 nitrogen and oxygen atoms in total. The monoisotopic (exact) mass is 706 g/mol. The number of rotatable bonds is 9. The predicted molar refractivity (Wildman–Crippen MR) is 183 cm³/mol. The van der Waals surface area contributed by atoms with Crippen molar-refractivity contribution in [3.05, 3.63) is 115 Å². The van der Waals surface area contributed by atoms with Gasteiger partial charge in [-0.25, -0.2) is 14.8 Å². The van der Waals surface area contributed by atoms with E-state index in [1.165, 1.54) is 23.9 Å². The number of carbonyl (C=O) groups is 1. The summed E-state index contributed by atoms with van der Waals surface area (Å²) in [7, 11) is 1.87. The minimum Gasteiger partial charge on any atom is -0.494 e. The van der Waals surface area contributed by atoms with E-state index in [2.05, 4.69) is 20.6 Å². The van der Waals surface area contributed by atoms with Gasteiger partial charge in [-0.05, 0) is 91.2 Å². The number of H-pyrrole nitrogens is 1. The van der Waals surface area contributed by atoms with Gasteiger partial charge >= 0.3 is 17.1 Å². The molecule has 0 unspecified atom stereocenters. The number of hydrogen-bond donors (Lipinski definition) is 4. The molecule has 0 saturated carbocycles. The average molecular weight is 707 g/mol. The fourth-order valence-corrected chi connectivity index (χ4v) is 6.85. The van der Waals surface area contributed by atoms with E-state index in [4.69, 9.17) is 9.72 Å². The molecule has 15 heteroatoms. The topological polar surface area (TPSA) is 134 Å². The summed E-state index contributed by atoms with van der Waals surface area (Å²) in [6, 6.07) is 18.7. The lowest BCUT2D eigenvalue weighted by molar-refractivity contribution is -0.137. The first-order valence-corrected chi connectivity index (χ1v) is 16.4. The van der Waals surface area contributed by atoms with Crippen molar-refractivity contribution in [2.75, 3.05) is 10.6 Å². The number of urea groups is 1. The maximum atomic E-state index is 12.8. The maximum Gasteiger partial charge on any atom is 0.416 e. The second kappa shape index (κ2) is 13.7. The number of nitrogens with zero attached hydrogens (tertiary/aromatic N) is 3. The fraction of sp³-hybridized carbons (Fsp3) is 0.176. The number of ether oxygens (including phenoxy) is 1. The molecule has 0 fully saturated rings. The van der Waals surface area contributed by atoms with E-state index >= 15 is 0 Å². The molecule has 0 aliphatic heterocycles. The average Bonchev–Trinajstić information content (AvgIpc) is 3.54. The second-order valence-electron chi connectivity index (χ2n) is 11.2. The summed E-state index contributed by atoms with van der Waals surface area (Å²) in [6.45, 7) is 3.94. The first-order valence-electron chi connectivity index (χ1n) is 14.8. The van der Waals surface area contributed by atoms with Crippen molar-refractivity contribution < 1.29 is 27.8 Å². The molecular formula is C34H29F3N6O4S2. The van der Waals surface area contributed by atoms with Crippen molar-refractivity contribution in [2.45, 2.75) is 43.0 Å². The maximum absolute atomic E-state index is 12.8. The molecular weight excluding hydrogens is 678 g/mol. The Balaban J connectivity index is 1.08. The number of hydrogen-bond acceptors (Lipinski definition) is 8. The third-order valence-corrected chi connectivity index (χ3v) is 9.36. The molecule has 0 bridgehead atoms. The first-order chi connectivity index (χ1) is 23.3. The number of imidazole rings is 1. The van der Waals surface area contributed by atoms with Crippen molar-refractivity contribution >= 4 is 51.7 Å². The van der Waals surface area contributed by atoms with Gasteiger partial charge in [-0.2, -0.15) is 13.2 Å². The number of carbonyl (C=O) groups excluding carboxylic acids is 1. The molecule has 0 saturated heterocycles. The molecule has 3 aromatic heterocycles. The zero-order valence-corrected chi connectivity index (χ0v) is 27.9. The van der Waals surface area contributed by atoms with Crippen molar-refractivity contribution in [1.29, 1.82) is 0 Å². The summed E-state index contributed by atoms with van der Waals surface area (Å²) < 4.78 is 46.4. The van der Waals surface area contributed by atoms with Crippen LogP contribution >= 0.6 is 23.1 Å². The Morgan fingerprint density at radius 2 is 1.69 bits per heavy atom. The van der Waals surface area contributed by atoms with E-state index < -0.39 is 17.8 Å². The Morgan fingerprint density at radius 1 is 1.00 bits per heavy atom. The Kier molecular flexibility index (Phi) is 9.39. The van der Waals surface area contributed by atoms with Crippen LogP contribution in [0.1, 0.15) is 33.0 Å². The quantitative estimate of drug-likeness (QED) is 0.120. The highest BCUT2D eigenvalue weighted by atomic mass is 32.2. The van der Waals surface area contributed by atoms with Gasteiger partial charge in [-0.15, -0.1) is 0 Å². The number of aryl methyl sites for hydroxylation is 3. The highest BCUT2D eigenvalue weighted by Gasteiger charge is 2.30. The number of nitrogens with one attached hydrogen (secondary N) is 3. The van der Waals surface area contributed by atoms with Crippen LogP contribution in [0.15, 0.2) is 87.5 Å². The van der Waals surface area contributed by atoms with Crippen LogP contribution < -0.4 is 20.2 Å². The number of aromatic hydroxyl groups is 1.